The third-order valence-corrected chi connectivity index (χ3v) is 4.21. The van der Waals surface area contributed by atoms with Crippen LogP contribution in [0.25, 0.3) is 0 Å². The van der Waals surface area contributed by atoms with Crippen LogP contribution in [0.1, 0.15) is 31.7 Å². The zero-order valence-electron chi connectivity index (χ0n) is 9.73. The lowest BCUT2D eigenvalue weighted by Gasteiger charge is -2.56. The van der Waals surface area contributed by atoms with Crippen LogP contribution in [-0.2, 0) is 19.9 Å². The number of carbonyl (C=O) groups excluding carboxylic acids is 2. The Morgan fingerprint density at radius 1 is 1.18 bits per heavy atom. The molecule has 0 bridgehead atoms. The van der Waals surface area contributed by atoms with Crippen molar-refractivity contribution in [1.82, 2.24) is 0 Å². The van der Waals surface area contributed by atoms with Gasteiger partial charge in [-0.05, 0) is 25.3 Å². The SMILES string of the molecule is CC12C(=O)CCCC1(c1ccccc1)OC2=O. The molecule has 2 atom stereocenters. The van der Waals surface area contributed by atoms with Crippen molar-refractivity contribution in [3.05, 3.63) is 35.9 Å². The molecule has 1 saturated heterocycles. The van der Waals surface area contributed by atoms with Gasteiger partial charge in [0.1, 0.15) is 0 Å². The minimum Gasteiger partial charge on any atom is -0.452 e. The van der Waals surface area contributed by atoms with Crippen molar-refractivity contribution in [3.63, 3.8) is 0 Å². The van der Waals surface area contributed by atoms with Crippen molar-refractivity contribution in [3.8, 4) is 0 Å². The lowest BCUT2D eigenvalue weighted by atomic mass is 9.57. The highest BCUT2D eigenvalue weighted by atomic mass is 16.6. The highest BCUT2D eigenvalue weighted by molar-refractivity contribution is 6.09. The minimum atomic E-state index is -0.966. The molecule has 0 radical (unpaired) electrons. The maximum atomic E-state index is 12.1. The van der Waals surface area contributed by atoms with Gasteiger partial charge in [-0.15, -0.1) is 0 Å². The Kier molecular flexibility index (Phi) is 1.97. The molecule has 1 aliphatic heterocycles. The maximum Gasteiger partial charge on any atom is 0.324 e. The first-order valence-corrected chi connectivity index (χ1v) is 5.93. The standard InChI is InChI=1S/C14H14O3/c1-13-11(15)8-5-9-14(13,17-12(13)16)10-6-3-2-4-7-10/h2-4,6-7H,5,8-9H2,1H3. The van der Waals surface area contributed by atoms with E-state index in [1.165, 1.54) is 0 Å². The molecule has 2 unspecified atom stereocenters. The number of hydrogen-bond donors (Lipinski definition) is 0. The van der Waals surface area contributed by atoms with E-state index in [9.17, 15) is 9.59 Å². The normalized spacial score (nSPS) is 35.8. The van der Waals surface area contributed by atoms with Gasteiger partial charge >= 0.3 is 5.97 Å². The third kappa shape index (κ3) is 1.07. The first kappa shape index (κ1) is 10.5. The van der Waals surface area contributed by atoms with Crippen molar-refractivity contribution in [2.45, 2.75) is 31.8 Å². The Hall–Kier alpha value is -1.64. The molecule has 88 valence electrons. The van der Waals surface area contributed by atoms with E-state index in [2.05, 4.69) is 0 Å². The highest BCUT2D eigenvalue weighted by Gasteiger charge is 2.71. The van der Waals surface area contributed by atoms with Gasteiger partial charge in [0.05, 0.1) is 0 Å². The van der Waals surface area contributed by atoms with E-state index in [1.54, 1.807) is 6.92 Å². The number of esters is 1. The molecule has 3 heteroatoms. The first-order valence-electron chi connectivity index (χ1n) is 5.93. The van der Waals surface area contributed by atoms with Crippen LogP contribution in [0.15, 0.2) is 30.3 Å². The summed E-state index contributed by atoms with van der Waals surface area (Å²) in [5.74, 6) is -0.352. The molecule has 0 aromatic heterocycles. The molecule has 0 N–H and O–H groups in total. The van der Waals surface area contributed by atoms with Crippen LogP contribution in [0.5, 0.6) is 0 Å². The number of carbonyl (C=O) groups is 2. The second-order valence-corrected chi connectivity index (χ2v) is 4.98. The Bertz CT molecular complexity index is 493. The summed E-state index contributed by atoms with van der Waals surface area (Å²) in [6, 6.07) is 9.61. The van der Waals surface area contributed by atoms with E-state index < -0.39 is 11.0 Å². The van der Waals surface area contributed by atoms with Gasteiger partial charge in [-0.3, -0.25) is 9.59 Å². The van der Waals surface area contributed by atoms with Crippen LogP contribution in [0.4, 0.5) is 0 Å². The molecule has 3 rings (SSSR count). The van der Waals surface area contributed by atoms with Crippen molar-refractivity contribution in [2.24, 2.45) is 5.41 Å². The summed E-state index contributed by atoms with van der Waals surface area (Å²) in [5, 5.41) is 0. The number of ketones is 1. The molecular weight excluding hydrogens is 216 g/mol. The van der Waals surface area contributed by atoms with Crippen molar-refractivity contribution in [1.29, 1.82) is 0 Å². The van der Waals surface area contributed by atoms with Crippen LogP contribution in [-0.4, -0.2) is 11.8 Å². The van der Waals surface area contributed by atoms with Crippen molar-refractivity contribution in [2.75, 3.05) is 0 Å². The van der Waals surface area contributed by atoms with Crippen LogP contribution in [0.2, 0.25) is 0 Å². The van der Waals surface area contributed by atoms with Gasteiger partial charge in [0, 0.05) is 6.42 Å². The summed E-state index contributed by atoms with van der Waals surface area (Å²) in [7, 11) is 0. The summed E-state index contributed by atoms with van der Waals surface area (Å²) < 4.78 is 5.43. The van der Waals surface area contributed by atoms with Crippen molar-refractivity contribution < 1.29 is 14.3 Å². The van der Waals surface area contributed by atoms with E-state index in [1.807, 2.05) is 30.3 Å². The highest BCUT2D eigenvalue weighted by Crippen LogP contribution is 2.59. The summed E-state index contributed by atoms with van der Waals surface area (Å²) in [6.07, 6.45) is 2.02. The summed E-state index contributed by atoms with van der Waals surface area (Å²) >= 11 is 0. The molecule has 3 nitrogen and oxygen atoms in total. The Morgan fingerprint density at radius 2 is 1.88 bits per heavy atom. The zero-order chi connectivity index (χ0) is 12.1. The number of benzene rings is 1. The molecule has 1 saturated carbocycles. The van der Waals surface area contributed by atoms with E-state index in [-0.39, 0.29) is 11.8 Å². The largest absolute Gasteiger partial charge is 0.452 e. The van der Waals surface area contributed by atoms with Crippen LogP contribution in [0, 0.1) is 5.41 Å². The lowest BCUT2D eigenvalue weighted by Crippen LogP contribution is -2.68. The molecular formula is C14H14O3. The number of hydrogen-bond acceptors (Lipinski definition) is 3. The lowest BCUT2D eigenvalue weighted by molar-refractivity contribution is -0.247. The van der Waals surface area contributed by atoms with Gasteiger partial charge in [0.15, 0.2) is 16.8 Å². The van der Waals surface area contributed by atoms with Crippen LogP contribution < -0.4 is 0 Å². The number of rotatable bonds is 1. The monoisotopic (exact) mass is 230 g/mol. The summed E-state index contributed by atoms with van der Waals surface area (Å²) in [4.78, 5) is 23.8. The van der Waals surface area contributed by atoms with Crippen LogP contribution in [0.3, 0.4) is 0 Å². The van der Waals surface area contributed by atoms with Gasteiger partial charge in [0.2, 0.25) is 0 Å². The second-order valence-electron chi connectivity index (χ2n) is 4.98. The van der Waals surface area contributed by atoms with Gasteiger partial charge in [-0.25, -0.2) is 0 Å². The van der Waals surface area contributed by atoms with E-state index >= 15 is 0 Å². The van der Waals surface area contributed by atoms with E-state index in [0.29, 0.717) is 6.42 Å². The van der Waals surface area contributed by atoms with Gasteiger partial charge < -0.3 is 4.74 Å². The molecule has 1 aromatic carbocycles. The maximum absolute atomic E-state index is 12.1. The average molecular weight is 230 g/mol. The fraction of sp³-hybridized carbons (Fsp3) is 0.429. The van der Waals surface area contributed by atoms with Gasteiger partial charge in [-0.1, -0.05) is 30.3 Å². The topological polar surface area (TPSA) is 43.4 Å². The zero-order valence-corrected chi connectivity index (χ0v) is 9.73. The molecule has 1 aliphatic carbocycles. The number of fused-ring (bicyclic) bond motifs is 1. The fourth-order valence-corrected chi connectivity index (χ4v) is 3.07. The molecule has 17 heavy (non-hydrogen) atoms. The molecule has 1 heterocycles. The predicted molar refractivity (Wildman–Crippen MR) is 61.2 cm³/mol. The average Bonchev–Trinajstić information content (AvgIpc) is 2.36. The van der Waals surface area contributed by atoms with Gasteiger partial charge in [0.25, 0.3) is 0 Å². The Balaban J connectivity index is 2.13. The Morgan fingerprint density at radius 3 is 2.53 bits per heavy atom. The number of Topliss-reactive ketones (excluding diaryl/α,β-unsaturated/α-hetero) is 1. The molecule has 0 spiro atoms. The molecule has 2 fully saturated rings. The minimum absolute atomic E-state index is 0.0175. The van der Waals surface area contributed by atoms with E-state index in [0.717, 1.165) is 18.4 Å². The molecule has 2 aliphatic rings. The quantitative estimate of drug-likeness (QED) is 0.548. The molecule has 1 aromatic rings. The fourth-order valence-electron chi connectivity index (χ4n) is 3.07. The smallest absolute Gasteiger partial charge is 0.324 e. The van der Waals surface area contributed by atoms with E-state index in [4.69, 9.17) is 4.74 Å². The van der Waals surface area contributed by atoms with Crippen LogP contribution >= 0.6 is 0 Å². The summed E-state index contributed by atoms with van der Waals surface area (Å²) in [5.41, 5.74) is -0.733. The number of ether oxygens (including phenoxy) is 1. The van der Waals surface area contributed by atoms with Gasteiger partial charge in [-0.2, -0.15) is 0 Å². The summed E-state index contributed by atoms with van der Waals surface area (Å²) in [6.45, 7) is 1.73. The third-order valence-electron chi connectivity index (χ3n) is 4.21. The van der Waals surface area contributed by atoms with Crippen molar-refractivity contribution >= 4 is 11.8 Å². The predicted octanol–water partition coefficient (Wildman–Crippen LogP) is 2.20. The Labute approximate surface area is 99.8 Å². The second kappa shape index (κ2) is 3.19. The molecule has 0 amide bonds. The first-order chi connectivity index (χ1) is 8.11.